The van der Waals surface area contributed by atoms with Gasteiger partial charge in [-0.25, -0.2) is 0 Å². The summed E-state index contributed by atoms with van der Waals surface area (Å²) in [7, 11) is 3.19. The van der Waals surface area contributed by atoms with Crippen LogP contribution in [0.2, 0.25) is 0 Å². The fraction of sp³-hybridized carbons (Fsp3) is 0.917. The maximum absolute atomic E-state index is 11.5. The van der Waals surface area contributed by atoms with E-state index in [-0.39, 0.29) is 5.97 Å². The first-order valence-electron chi connectivity index (χ1n) is 5.95. The molecule has 1 unspecified atom stereocenters. The molecule has 4 nitrogen and oxygen atoms in total. The van der Waals surface area contributed by atoms with Gasteiger partial charge in [-0.2, -0.15) is 0 Å². The van der Waals surface area contributed by atoms with E-state index in [0.717, 1.165) is 32.3 Å². The molecule has 0 aliphatic rings. The number of carbonyl (C=O) groups is 1. The number of likely N-dealkylation sites (N-methyl/N-ethyl adjacent to an activating group) is 1. The average molecular weight is 231 g/mol. The number of unbranched alkanes of at least 4 members (excludes halogenated alkanes) is 1. The fourth-order valence-corrected chi connectivity index (χ4v) is 1.43. The van der Waals surface area contributed by atoms with E-state index in [0.29, 0.717) is 6.61 Å². The van der Waals surface area contributed by atoms with E-state index in [1.165, 1.54) is 7.11 Å². The maximum Gasteiger partial charge on any atom is 0.325 e. The van der Waals surface area contributed by atoms with Crippen molar-refractivity contribution in [2.45, 2.75) is 45.1 Å². The lowest BCUT2D eigenvalue weighted by atomic mass is 9.96. The Kier molecular flexibility index (Phi) is 8.21. The third kappa shape index (κ3) is 5.47. The van der Waals surface area contributed by atoms with Gasteiger partial charge in [0.25, 0.3) is 0 Å². The van der Waals surface area contributed by atoms with E-state index in [2.05, 4.69) is 12.2 Å². The topological polar surface area (TPSA) is 47.6 Å². The standard InChI is InChI=1S/C12H25NO3/c1-5-6-9-16-10-7-8-12(2,13-3)11(14)15-4/h13H,5-10H2,1-4H3. The minimum Gasteiger partial charge on any atom is -0.468 e. The van der Waals surface area contributed by atoms with Gasteiger partial charge in [-0.15, -0.1) is 0 Å². The van der Waals surface area contributed by atoms with Crippen molar-refractivity contribution in [3.05, 3.63) is 0 Å². The van der Waals surface area contributed by atoms with Crippen molar-refractivity contribution in [2.24, 2.45) is 0 Å². The number of nitrogens with one attached hydrogen (secondary N) is 1. The first-order chi connectivity index (χ1) is 7.60. The summed E-state index contributed by atoms with van der Waals surface area (Å²) >= 11 is 0. The largest absolute Gasteiger partial charge is 0.468 e. The number of rotatable bonds is 9. The number of hydrogen-bond acceptors (Lipinski definition) is 4. The summed E-state index contributed by atoms with van der Waals surface area (Å²) in [5.74, 6) is -0.219. The molecule has 0 rings (SSSR count). The van der Waals surface area contributed by atoms with Gasteiger partial charge >= 0.3 is 5.97 Å². The minimum absolute atomic E-state index is 0.219. The molecule has 1 N–H and O–H groups in total. The van der Waals surface area contributed by atoms with Gasteiger partial charge in [0.1, 0.15) is 5.54 Å². The van der Waals surface area contributed by atoms with E-state index < -0.39 is 5.54 Å². The van der Waals surface area contributed by atoms with E-state index in [1.807, 2.05) is 6.92 Å². The Labute approximate surface area is 98.7 Å². The molecular weight excluding hydrogens is 206 g/mol. The number of hydrogen-bond donors (Lipinski definition) is 1. The molecule has 1 atom stereocenters. The van der Waals surface area contributed by atoms with Crippen LogP contribution in [-0.2, 0) is 14.3 Å². The number of ether oxygens (including phenoxy) is 2. The SMILES string of the molecule is CCCCOCCCC(C)(NC)C(=O)OC. The van der Waals surface area contributed by atoms with Crippen LogP contribution in [0.5, 0.6) is 0 Å². The molecule has 0 radical (unpaired) electrons. The van der Waals surface area contributed by atoms with Crippen LogP contribution in [-0.4, -0.2) is 38.9 Å². The lowest BCUT2D eigenvalue weighted by molar-refractivity contribution is -0.148. The molecule has 0 heterocycles. The smallest absolute Gasteiger partial charge is 0.325 e. The van der Waals surface area contributed by atoms with Gasteiger partial charge in [-0.05, 0) is 33.2 Å². The van der Waals surface area contributed by atoms with E-state index >= 15 is 0 Å². The molecular formula is C12H25NO3. The lowest BCUT2D eigenvalue weighted by Gasteiger charge is -2.25. The molecule has 0 aromatic heterocycles. The zero-order valence-electron chi connectivity index (χ0n) is 11.0. The molecule has 0 spiro atoms. The second-order valence-electron chi connectivity index (χ2n) is 4.14. The van der Waals surface area contributed by atoms with Crippen LogP contribution < -0.4 is 5.32 Å². The van der Waals surface area contributed by atoms with Crippen molar-refractivity contribution in [3.63, 3.8) is 0 Å². The van der Waals surface area contributed by atoms with Crippen LogP contribution in [0.4, 0.5) is 0 Å². The highest BCUT2D eigenvalue weighted by Crippen LogP contribution is 2.13. The molecule has 16 heavy (non-hydrogen) atoms. The second-order valence-corrected chi connectivity index (χ2v) is 4.14. The zero-order valence-corrected chi connectivity index (χ0v) is 11.0. The number of esters is 1. The average Bonchev–Trinajstić information content (AvgIpc) is 2.32. The summed E-state index contributed by atoms with van der Waals surface area (Å²) in [5.41, 5.74) is -0.594. The van der Waals surface area contributed by atoms with Crippen LogP contribution in [0.15, 0.2) is 0 Å². The van der Waals surface area contributed by atoms with Crippen molar-refractivity contribution in [2.75, 3.05) is 27.4 Å². The van der Waals surface area contributed by atoms with Crippen molar-refractivity contribution in [1.82, 2.24) is 5.32 Å². The minimum atomic E-state index is -0.594. The number of methoxy groups -OCH3 is 1. The first-order valence-corrected chi connectivity index (χ1v) is 5.95. The highest BCUT2D eigenvalue weighted by molar-refractivity contribution is 5.80. The van der Waals surface area contributed by atoms with Gasteiger partial charge < -0.3 is 14.8 Å². The molecule has 0 aromatic carbocycles. The molecule has 4 heteroatoms. The number of carbonyl (C=O) groups excluding carboxylic acids is 1. The predicted octanol–water partition coefficient (Wildman–Crippen LogP) is 1.73. The first kappa shape index (κ1) is 15.4. The summed E-state index contributed by atoms with van der Waals surface area (Å²) in [6.07, 6.45) is 3.83. The van der Waals surface area contributed by atoms with Crippen LogP contribution in [0, 0.1) is 0 Å². The van der Waals surface area contributed by atoms with E-state index in [1.54, 1.807) is 7.05 Å². The van der Waals surface area contributed by atoms with Gasteiger partial charge in [0, 0.05) is 13.2 Å². The molecule has 0 aliphatic carbocycles. The Balaban J connectivity index is 3.74. The highest BCUT2D eigenvalue weighted by atomic mass is 16.5. The Morgan fingerprint density at radius 1 is 1.31 bits per heavy atom. The van der Waals surface area contributed by atoms with Gasteiger partial charge in [0.05, 0.1) is 7.11 Å². The summed E-state index contributed by atoms with van der Waals surface area (Å²) < 4.78 is 10.2. The van der Waals surface area contributed by atoms with E-state index in [4.69, 9.17) is 9.47 Å². The molecule has 0 bridgehead atoms. The van der Waals surface area contributed by atoms with Gasteiger partial charge in [-0.3, -0.25) is 4.79 Å². The second kappa shape index (κ2) is 8.53. The zero-order chi connectivity index (χ0) is 12.4. The molecule has 0 amide bonds. The van der Waals surface area contributed by atoms with Crippen molar-refractivity contribution >= 4 is 5.97 Å². The maximum atomic E-state index is 11.5. The molecule has 0 aromatic rings. The molecule has 0 saturated carbocycles. The normalized spacial score (nSPS) is 14.5. The Morgan fingerprint density at radius 2 is 1.94 bits per heavy atom. The Morgan fingerprint density at radius 3 is 2.44 bits per heavy atom. The quantitative estimate of drug-likeness (QED) is 0.485. The molecule has 0 fully saturated rings. The van der Waals surface area contributed by atoms with E-state index in [9.17, 15) is 4.79 Å². The lowest BCUT2D eigenvalue weighted by Crippen LogP contribution is -2.48. The predicted molar refractivity (Wildman–Crippen MR) is 64.4 cm³/mol. The van der Waals surface area contributed by atoms with Gasteiger partial charge in [0.2, 0.25) is 0 Å². The third-order valence-corrected chi connectivity index (χ3v) is 2.80. The summed E-state index contributed by atoms with van der Waals surface area (Å²) in [5, 5.41) is 3.00. The van der Waals surface area contributed by atoms with Crippen LogP contribution >= 0.6 is 0 Å². The van der Waals surface area contributed by atoms with Crippen LogP contribution in [0.25, 0.3) is 0 Å². The Bertz CT molecular complexity index is 197. The van der Waals surface area contributed by atoms with Crippen molar-refractivity contribution in [3.8, 4) is 0 Å². The molecule has 96 valence electrons. The fourth-order valence-electron chi connectivity index (χ4n) is 1.43. The Hall–Kier alpha value is -0.610. The summed E-state index contributed by atoms with van der Waals surface area (Å²) in [6, 6.07) is 0. The van der Waals surface area contributed by atoms with Crippen LogP contribution in [0.3, 0.4) is 0 Å². The monoisotopic (exact) mass is 231 g/mol. The van der Waals surface area contributed by atoms with Crippen molar-refractivity contribution in [1.29, 1.82) is 0 Å². The van der Waals surface area contributed by atoms with Crippen LogP contribution in [0.1, 0.15) is 39.5 Å². The van der Waals surface area contributed by atoms with Gasteiger partial charge in [-0.1, -0.05) is 13.3 Å². The van der Waals surface area contributed by atoms with Crippen molar-refractivity contribution < 1.29 is 14.3 Å². The summed E-state index contributed by atoms with van der Waals surface area (Å²) in [6.45, 7) is 5.50. The molecule has 0 saturated heterocycles. The summed E-state index contributed by atoms with van der Waals surface area (Å²) in [4.78, 5) is 11.5. The molecule has 0 aliphatic heterocycles. The third-order valence-electron chi connectivity index (χ3n) is 2.80. The highest BCUT2D eigenvalue weighted by Gasteiger charge is 2.31. The van der Waals surface area contributed by atoms with Gasteiger partial charge in [0.15, 0.2) is 0 Å².